The SMILES string of the molecule is C[C@@H]1CN(C2=NC(=O)[N+]3(C)c4c2cc(C(F)(F)F)c(-c2ccc(F)cc2F)c4SC[C@@H]3CN2CCN(C3CC3)CC2)[C@@H](C)CN1C(=O)OC(C)(C)C. The maximum absolute atomic E-state index is 15.5. The zero-order valence-electron chi connectivity index (χ0n) is 30.4. The lowest BCUT2D eigenvalue weighted by atomic mass is 9.91. The Morgan fingerprint density at radius 2 is 1.69 bits per heavy atom. The molecule has 0 spiro atoms. The van der Waals surface area contributed by atoms with Crippen LogP contribution in [0, 0.1) is 11.6 Å². The first-order valence-electron chi connectivity index (χ1n) is 18.0. The van der Waals surface area contributed by atoms with Gasteiger partial charge in [0.05, 0.1) is 35.4 Å². The van der Waals surface area contributed by atoms with Gasteiger partial charge in [0.15, 0.2) is 11.5 Å². The number of urea groups is 1. The fourth-order valence-corrected chi connectivity index (χ4v) is 9.66. The van der Waals surface area contributed by atoms with Crippen LogP contribution in [0.5, 0.6) is 0 Å². The van der Waals surface area contributed by atoms with Crippen molar-refractivity contribution >= 4 is 35.4 Å². The van der Waals surface area contributed by atoms with E-state index in [2.05, 4.69) is 14.8 Å². The third-order valence-electron chi connectivity index (χ3n) is 11.0. The minimum Gasteiger partial charge on any atom is -0.444 e. The van der Waals surface area contributed by atoms with E-state index in [1.54, 1.807) is 37.6 Å². The van der Waals surface area contributed by atoms with Crippen molar-refractivity contribution in [3.63, 3.8) is 0 Å². The first kappa shape index (κ1) is 37.1. The summed E-state index contributed by atoms with van der Waals surface area (Å²) in [6.45, 7) is 13.3. The van der Waals surface area contributed by atoms with Crippen LogP contribution in [0.2, 0.25) is 0 Å². The van der Waals surface area contributed by atoms with Gasteiger partial charge in [-0.3, -0.25) is 9.80 Å². The lowest BCUT2D eigenvalue weighted by molar-refractivity contribution is -0.137. The normalized spacial score (nSPS) is 27.4. The van der Waals surface area contributed by atoms with Gasteiger partial charge < -0.3 is 14.5 Å². The molecule has 0 radical (unpaired) electrons. The molecule has 0 bridgehead atoms. The van der Waals surface area contributed by atoms with Gasteiger partial charge in [0.1, 0.15) is 23.3 Å². The number of amides is 3. The Labute approximate surface area is 305 Å². The van der Waals surface area contributed by atoms with Gasteiger partial charge in [0, 0.05) is 74.6 Å². The van der Waals surface area contributed by atoms with Gasteiger partial charge in [-0.15, -0.1) is 16.8 Å². The zero-order chi connectivity index (χ0) is 37.5. The lowest BCUT2D eigenvalue weighted by Gasteiger charge is -2.49. The maximum Gasteiger partial charge on any atom is 0.449 e. The molecule has 3 fully saturated rings. The number of rotatable bonds is 4. The third kappa shape index (κ3) is 6.70. The Morgan fingerprint density at radius 1 is 1.00 bits per heavy atom. The van der Waals surface area contributed by atoms with Gasteiger partial charge >= 0.3 is 18.3 Å². The second-order valence-electron chi connectivity index (χ2n) is 16.0. The minimum absolute atomic E-state index is 0.0935. The van der Waals surface area contributed by atoms with Crippen LogP contribution in [0.25, 0.3) is 11.1 Å². The Bertz CT molecular complexity index is 1800. The van der Waals surface area contributed by atoms with E-state index in [1.165, 1.54) is 24.6 Å². The molecule has 4 heterocycles. The number of aliphatic imine (C=N–C) groups is 1. The summed E-state index contributed by atoms with van der Waals surface area (Å²) in [6, 6.07) is 2.46. The number of benzene rings is 2. The molecule has 0 N–H and O–H groups in total. The van der Waals surface area contributed by atoms with Crippen LogP contribution < -0.4 is 4.48 Å². The van der Waals surface area contributed by atoms with Crippen molar-refractivity contribution in [3.05, 3.63) is 47.0 Å². The Balaban J connectivity index is 1.34. The summed E-state index contributed by atoms with van der Waals surface area (Å²) in [4.78, 5) is 40.7. The number of halogens is 5. The molecule has 9 nitrogen and oxygen atoms in total. The van der Waals surface area contributed by atoms with Gasteiger partial charge in [-0.25, -0.2) is 22.9 Å². The summed E-state index contributed by atoms with van der Waals surface area (Å²) in [7, 11) is 1.71. The number of hydrogen-bond donors (Lipinski definition) is 0. The molecule has 2 aromatic rings. The van der Waals surface area contributed by atoms with Crippen LogP contribution in [0.4, 0.5) is 37.2 Å². The van der Waals surface area contributed by atoms with Gasteiger partial charge in [-0.05, 0) is 65.7 Å². The van der Waals surface area contributed by atoms with Crippen LogP contribution in [0.1, 0.15) is 58.6 Å². The van der Waals surface area contributed by atoms with Crippen LogP contribution in [-0.2, 0) is 10.9 Å². The summed E-state index contributed by atoms with van der Waals surface area (Å²) < 4.78 is 80.4. The second-order valence-corrected chi connectivity index (χ2v) is 17.0. The molecule has 0 aromatic heterocycles. The topological polar surface area (TPSA) is 68.7 Å². The number of hydrogen-bond acceptors (Lipinski definition) is 7. The first-order valence-corrected chi connectivity index (χ1v) is 18.9. The second kappa shape index (κ2) is 13.2. The van der Waals surface area contributed by atoms with E-state index in [9.17, 15) is 14.0 Å². The van der Waals surface area contributed by atoms with E-state index in [0.29, 0.717) is 30.1 Å². The number of nitrogens with zero attached hydrogens (tertiary/aromatic N) is 6. The Kier molecular flexibility index (Phi) is 9.44. The largest absolute Gasteiger partial charge is 0.449 e. The molecule has 2 saturated heterocycles. The molecule has 52 heavy (non-hydrogen) atoms. The van der Waals surface area contributed by atoms with E-state index < -0.39 is 58.7 Å². The van der Waals surface area contributed by atoms with Crippen molar-refractivity contribution in [2.45, 2.75) is 88.3 Å². The number of carbonyl (C=O) groups is 2. The van der Waals surface area contributed by atoms with Gasteiger partial charge in [-0.1, -0.05) is 0 Å². The number of amidine groups is 1. The molecule has 7 rings (SSSR count). The van der Waals surface area contributed by atoms with Crippen molar-refractivity contribution in [2.24, 2.45) is 4.99 Å². The zero-order valence-corrected chi connectivity index (χ0v) is 31.2. The molecule has 1 aliphatic carbocycles. The molecule has 1 saturated carbocycles. The van der Waals surface area contributed by atoms with Crippen LogP contribution in [0.3, 0.4) is 0 Å². The van der Waals surface area contributed by atoms with Crippen molar-refractivity contribution in [1.29, 1.82) is 0 Å². The summed E-state index contributed by atoms with van der Waals surface area (Å²) in [5.74, 6) is -1.64. The Morgan fingerprint density at radius 3 is 2.31 bits per heavy atom. The summed E-state index contributed by atoms with van der Waals surface area (Å²) >= 11 is 1.18. The smallest absolute Gasteiger partial charge is 0.444 e. The molecule has 3 amide bonds. The molecule has 15 heteroatoms. The monoisotopic (exact) mass is 749 g/mol. The standard InChI is InChI=1S/C37H46F5N6O3S/c1-21-18-47(35(50)51-36(3,4)5)22(2)17-46(21)33-27-16-28(37(40,41)42)30(26-10-7-23(38)15-29(26)39)32-31(27)48(6,34(49)43-33)25(20-52-32)19-44-11-13-45(14-12-44)24-8-9-24/h7,10,15-16,21-22,24-25H,8-9,11-14,17-20H2,1-6H3/q+1/t21-,22+,25-,48?/m0/s1. The number of carbonyl (C=O) groups excluding carboxylic acids is 2. The highest BCUT2D eigenvalue weighted by Gasteiger charge is 2.56. The van der Waals surface area contributed by atoms with Crippen molar-refractivity contribution < 1.29 is 36.3 Å². The summed E-state index contributed by atoms with van der Waals surface area (Å²) in [6.07, 6.45) is -3.00. The first-order chi connectivity index (χ1) is 24.4. The predicted octanol–water partition coefficient (Wildman–Crippen LogP) is 7.05. The number of thioether (sulfide) groups is 1. The van der Waals surface area contributed by atoms with Crippen molar-refractivity contribution in [2.75, 3.05) is 58.6 Å². The third-order valence-corrected chi connectivity index (χ3v) is 12.3. The highest BCUT2D eigenvalue weighted by atomic mass is 32.2. The predicted molar refractivity (Wildman–Crippen MR) is 191 cm³/mol. The molecule has 4 aliphatic heterocycles. The van der Waals surface area contributed by atoms with Crippen LogP contribution in [-0.4, -0.2) is 126 Å². The van der Waals surface area contributed by atoms with Gasteiger partial charge in [0.25, 0.3) is 0 Å². The Hall–Kier alpha value is -3.27. The molecule has 2 aromatic carbocycles. The fraction of sp³-hybridized carbons (Fsp3) is 0.595. The maximum atomic E-state index is 15.5. The van der Waals surface area contributed by atoms with Crippen molar-refractivity contribution in [1.82, 2.24) is 24.1 Å². The summed E-state index contributed by atoms with van der Waals surface area (Å²) in [5, 5.41) is 0. The number of quaternary nitrogens is 1. The number of alkyl halides is 3. The number of ether oxygens (including phenoxy) is 1. The molecular weight excluding hydrogens is 704 g/mol. The van der Waals surface area contributed by atoms with Crippen molar-refractivity contribution in [3.8, 4) is 11.1 Å². The average molecular weight is 750 g/mol. The molecular formula is C37H46F5N6O3S+. The summed E-state index contributed by atoms with van der Waals surface area (Å²) in [5.41, 5.74) is -2.11. The highest BCUT2D eigenvalue weighted by Crippen LogP contribution is 2.55. The van der Waals surface area contributed by atoms with E-state index in [0.717, 1.165) is 44.4 Å². The highest BCUT2D eigenvalue weighted by molar-refractivity contribution is 7.99. The van der Waals surface area contributed by atoms with E-state index in [1.807, 2.05) is 13.8 Å². The molecule has 1 unspecified atom stereocenters. The van der Waals surface area contributed by atoms with E-state index >= 15 is 17.6 Å². The van der Waals surface area contributed by atoms with E-state index in [-0.39, 0.29) is 45.5 Å². The van der Waals surface area contributed by atoms with Crippen LogP contribution >= 0.6 is 11.8 Å². The van der Waals surface area contributed by atoms with Gasteiger partial charge in [-0.2, -0.15) is 13.2 Å². The number of likely N-dealkylation sites (N-methyl/N-ethyl adjacent to an activating group) is 1. The molecule has 5 aliphatic rings. The molecule has 282 valence electrons. The van der Waals surface area contributed by atoms with Gasteiger partial charge in [0.2, 0.25) is 0 Å². The quantitative estimate of drug-likeness (QED) is 0.245. The van der Waals surface area contributed by atoms with Crippen LogP contribution in [0.15, 0.2) is 34.2 Å². The average Bonchev–Trinajstić information content (AvgIpc) is 3.90. The van der Waals surface area contributed by atoms with E-state index in [4.69, 9.17) is 4.74 Å². The molecule has 4 atom stereocenters. The fourth-order valence-electron chi connectivity index (χ4n) is 8.10. The minimum atomic E-state index is -4.93. The number of piperazine rings is 2. The lowest BCUT2D eigenvalue weighted by Crippen LogP contribution is -2.67.